The van der Waals surface area contributed by atoms with Crippen molar-refractivity contribution in [3.63, 3.8) is 0 Å². The number of carbonyl (C=O) groups is 3. The van der Waals surface area contributed by atoms with E-state index < -0.39 is 0 Å². The normalized spacial score (nSPS) is 11.4. The summed E-state index contributed by atoms with van der Waals surface area (Å²) in [6.07, 6.45) is 0.138. The maximum absolute atomic E-state index is 12.0. The average Bonchev–Trinajstić information content (AvgIpc) is 2.67. The molecule has 3 N–H and O–H groups in total. The van der Waals surface area contributed by atoms with Crippen molar-refractivity contribution in [2.45, 2.75) is 19.4 Å². The molecule has 0 heterocycles. The van der Waals surface area contributed by atoms with Gasteiger partial charge in [-0.2, -0.15) is 0 Å². The Bertz CT molecular complexity index is 844. The zero-order valence-corrected chi connectivity index (χ0v) is 16.8. The van der Waals surface area contributed by atoms with E-state index in [1.54, 1.807) is 43.3 Å². The van der Waals surface area contributed by atoms with E-state index in [9.17, 15) is 14.4 Å². The van der Waals surface area contributed by atoms with E-state index in [2.05, 4.69) is 16.0 Å². The smallest absolute Gasteiger partial charge is 0.251 e. The van der Waals surface area contributed by atoms with Crippen LogP contribution >= 0.6 is 23.2 Å². The van der Waals surface area contributed by atoms with Crippen LogP contribution in [0.25, 0.3) is 0 Å². The molecule has 8 heteroatoms. The molecule has 2 rings (SSSR count). The van der Waals surface area contributed by atoms with Crippen molar-refractivity contribution in [1.82, 2.24) is 16.0 Å². The molecule has 0 aliphatic carbocycles. The first-order valence-corrected chi connectivity index (χ1v) is 9.48. The quantitative estimate of drug-likeness (QED) is 0.572. The Hall–Kier alpha value is -2.57. The summed E-state index contributed by atoms with van der Waals surface area (Å²) in [6, 6.07) is 13.1. The molecule has 0 unspecified atom stereocenters. The lowest BCUT2D eigenvalue weighted by Gasteiger charge is -2.14. The molecule has 28 heavy (non-hydrogen) atoms. The fourth-order valence-corrected chi connectivity index (χ4v) is 2.71. The SMILES string of the molecule is C[C@H](CC(=O)NCCNC(=O)c1ccc(Cl)c(Cl)c1)NC(=O)c1ccccc1. The Balaban J connectivity index is 1.67. The minimum atomic E-state index is -0.321. The summed E-state index contributed by atoms with van der Waals surface area (Å²) >= 11 is 11.7. The molecule has 0 spiro atoms. The van der Waals surface area contributed by atoms with Gasteiger partial charge in [-0.1, -0.05) is 41.4 Å². The lowest BCUT2D eigenvalue weighted by molar-refractivity contribution is -0.121. The number of hydrogen-bond acceptors (Lipinski definition) is 3. The van der Waals surface area contributed by atoms with Crippen molar-refractivity contribution in [2.24, 2.45) is 0 Å². The van der Waals surface area contributed by atoms with Crippen LogP contribution in [-0.2, 0) is 4.79 Å². The molecule has 0 aromatic heterocycles. The summed E-state index contributed by atoms with van der Waals surface area (Å²) in [5.74, 6) is -0.754. The van der Waals surface area contributed by atoms with Crippen molar-refractivity contribution in [2.75, 3.05) is 13.1 Å². The van der Waals surface area contributed by atoms with Crippen molar-refractivity contribution < 1.29 is 14.4 Å². The van der Waals surface area contributed by atoms with E-state index in [4.69, 9.17) is 23.2 Å². The van der Waals surface area contributed by atoms with Crippen LogP contribution in [-0.4, -0.2) is 36.9 Å². The third kappa shape index (κ3) is 6.87. The van der Waals surface area contributed by atoms with Gasteiger partial charge in [0.25, 0.3) is 11.8 Å². The second-order valence-electron chi connectivity index (χ2n) is 6.18. The minimum absolute atomic E-state index is 0.138. The summed E-state index contributed by atoms with van der Waals surface area (Å²) in [5, 5.41) is 8.83. The minimum Gasteiger partial charge on any atom is -0.354 e. The Kier molecular flexibility index (Phi) is 8.29. The number of halogens is 2. The van der Waals surface area contributed by atoms with Gasteiger partial charge in [0.05, 0.1) is 10.0 Å². The van der Waals surface area contributed by atoms with Gasteiger partial charge < -0.3 is 16.0 Å². The van der Waals surface area contributed by atoms with Gasteiger partial charge in [0, 0.05) is 36.7 Å². The monoisotopic (exact) mass is 421 g/mol. The number of hydrogen-bond donors (Lipinski definition) is 3. The highest BCUT2D eigenvalue weighted by Crippen LogP contribution is 2.22. The first kappa shape index (κ1) is 21.7. The Morgan fingerprint density at radius 3 is 2.21 bits per heavy atom. The van der Waals surface area contributed by atoms with E-state index in [0.29, 0.717) is 21.2 Å². The molecule has 0 radical (unpaired) electrons. The third-order valence-electron chi connectivity index (χ3n) is 3.82. The standard InChI is InChI=1S/C20H21Cl2N3O3/c1-13(25-20(28)14-5-3-2-4-6-14)11-18(26)23-9-10-24-19(27)15-7-8-16(21)17(22)12-15/h2-8,12-13H,9-11H2,1H3,(H,23,26)(H,24,27)(H,25,28)/t13-/m1/s1. The summed E-state index contributed by atoms with van der Waals surface area (Å²) in [4.78, 5) is 36.0. The first-order chi connectivity index (χ1) is 13.4. The van der Waals surface area contributed by atoms with Crippen LogP contribution in [0.1, 0.15) is 34.1 Å². The number of rotatable bonds is 8. The molecule has 3 amide bonds. The molecule has 0 bridgehead atoms. The average molecular weight is 422 g/mol. The van der Waals surface area contributed by atoms with Gasteiger partial charge in [0.2, 0.25) is 5.91 Å². The summed E-state index contributed by atoms with van der Waals surface area (Å²) < 4.78 is 0. The molecule has 0 aliphatic rings. The fourth-order valence-electron chi connectivity index (χ4n) is 2.42. The third-order valence-corrected chi connectivity index (χ3v) is 4.56. The van der Waals surface area contributed by atoms with Gasteiger partial charge in [0.1, 0.15) is 0 Å². The van der Waals surface area contributed by atoms with E-state index in [-0.39, 0.29) is 43.3 Å². The topological polar surface area (TPSA) is 87.3 Å². The van der Waals surface area contributed by atoms with Gasteiger partial charge >= 0.3 is 0 Å². The van der Waals surface area contributed by atoms with Gasteiger partial charge in [0.15, 0.2) is 0 Å². The Morgan fingerprint density at radius 2 is 1.54 bits per heavy atom. The molecular formula is C20H21Cl2N3O3. The number of benzene rings is 2. The molecule has 0 saturated carbocycles. The zero-order chi connectivity index (χ0) is 20.5. The van der Waals surface area contributed by atoms with Gasteiger partial charge in [-0.15, -0.1) is 0 Å². The van der Waals surface area contributed by atoms with Crippen LogP contribution in [0.2, 0.25) is 10.0 Å². The van der Waals surface area contributed by atoms with Gasteiger partial charge in [-0.25, -0.2) is 0 Å². The molecular weight excluding hydrogens is 401 g/mol. The van der Waals surface area contributed by atoms with Crippen LogP contribution < -0.4 is 16.0 Å². The highest BCUT2D eigenvalue weighted by molar-refractivity contribution is 6.42. The van der Waals surface area contributed by atoms with E-state index in [1.165, 1.54) is 6.07 Å². The van der Waals surface area contributed by atoms with Crippen LogP contribution in [0.15, 0.2) is 48.5 Å². The first-order valence-electron chi connectivity index (χ1n) is 8.72. The van der Waals surface area contributed by atoms with Crippen LogP contribution in [0.5, 0.6) is 0 Å². The Labute approximate surface area is 173 Å². The van der Waals surface area contributed by atoms with E-state index >= 15 is 0 Å². The highest BCUT2D eigenvalue weighted by Gasteiger charge is 2.13. The molecule has 0 saturated heterocycles. The molecule has 2 aromatic carbocycles. The molecule has 2 aromatic rings. The van der Waals surface area contributed by atoms with E-state index in [0.717, 1.165) is 0 Å². The van der Waals surface area contributed by atoms with Crippen molar-refractivity contribution in [1.29, 1.82) is 0 Å². The number of carbonyl (C=O) groups excluding carboxylic acids is 3. The van der Waals surface area contributed by atoms with Crippen molar-refractivity contribution >= 4 is 40.9 Å². The largest absolute Gasteiger partial charge is 0.354 e. The predicted molar refractivity (Wildman–Crippen MR) is 110 cm³/mol. The summed E-state index contributed by atoms with van der Waals surface area (Å²) in [7, 11) is 0. The molecule has 1 atom stereocenters. The number of nitrogens with one attached hydrogen (secondary N) is 3. The Morgan fingerprint density at radius 1 is 0.857 bits per heavy atom. The second kappa shape index (κ2) is 10.7. The maximum Gasteiger partial charge on any atom is 0.251 e. The molecule has 148 valence electrons. The lowest BCUT2D eigenvalue weighted by atomic mass is 10.1. The van der Waals surface area contributed by atoms with Crippen molar-refractivity contribution in [3.05, 3.63) is 69.7 Å². The maximum atomic E-state index is 12.0. The molecule has 6 nitrogen and oxygen atoms in total. The van der Waals surface area contributed by atoms with Crippen LogP contribution in [0.3, 0.4) is 0 Å². The summed E-state index contributed by atoms with van der Waals surface area (Å²) in [5.41, 5.74) is 0.928. The molecule has 0 aliphatic heterocycles. The van der Waals surface area contributed by atoms with Gasteiger partial charge in [-0.3, -0.25) is 14.4 Å². The van der Waals surface area contributed by atoms with Crippen LogP contribution in [0.4, 0.5) is 0 Å². The lowest BCUT2D eigenvalue weighted by Crippen LogP contribution is -2.39. The van der Waals surface area contributed by atoms with E-state index in [1.807, 2.05) is 6.07 Å². The van der Waals surface area contributed by atoms with Gasteiger partial charge in [-0.05, 0) is 37.3 Å². The summed E-state index contributed by atoms with van der Waals surface area (Å²) in [6.45, 7) is 2.29. The number of amides is 3. The highest BCUT2D eigenvalue weighted by atomic mass is 35.5. The predicted octanol–water partition coefficient (Wildman–Crippen LogP) is 3.05. The molecule has 0 fully saturated rings. The zero-order valence-electron chi connectivity index (χ0n) is 15.3. The van der Waals surface area contributed by atoms with Crippen LogP contribution in [0, 0.1) is 0 Å². The second-order valence-corrected chi connectivity index (χ2v) is 6.99. The van der Waals surface area contributed by atoms with Crippen molar-refractivity contribution in [3.8, 4) is 0 Å². The fraction of sp³-hybridized carbons (Fsp3) is 0.250.